The number of aryl methyl sites for hydroxylation is 1. The van der Waals surface area contributed by atoms with Crippen LogP contribution in [0, 0.1) is 0 Å². The van der Waals surface area contributed by atoms with Gasteiger partial charge in [0.2, 0.25) is 0 Å². The third-order valence-corrected chi connectivity index (χ3v) is 7.10. The zero-order valence-electron chi connectivity index (χ0n) is 19.4. The second-order valence-electron chi connectivity index (χ2n) is 9.87. The van der Waals surface area contributed by atoms with E-state index < -0.39 is 0 Å². The van der Waals surface area contributed by atoms with Crippen molar-refractivity contribution in [3.05, 3.63) is 42.2 Å². The molecule has 2 aromatic carbocycles. The largest absolute Gasteiger partial charge is 0.507 e. The lowest BCUT2D eigenvalue weighted by atomic mass is 9.81. The number of nitrogens with one attached hydrogen (secondary N) is 1. The third-order valence-electron chi connectivity index (χ3n) is 7.10. The molecule has 6 rings (SSSR count). The summed E-state index contributed by atoms with van der Waals surface area (Å²) in [6.45, 7) is 6.47. The topological polar surface area (TPSA) is 79.1 Å². The third kappa shape index (κ3) is 3.60. The van der Waals surface area contributed by atoms with Crippen LogP contribution in [0.3, 0.4) is 0 Å². The summed E-state index contributed by atoms with van der Waals surface area (Å²) in [6, 6.07) is 11.1. The molecular weight excluding hydrogens is 412 g/mol. The molecule has 7 nitrogen and oxygen atoms in total. The van der Waals surface area contributed by atoms with Crippen LogP contribution in [-0.4, -0.2) is 50.0 Å². The molecule has 2 fully saturated rings. The van der Waals surface area contributed by atoms with Gasteiger partial charge in [-0.1, -0.05) is 6.42 Å². The van der Waals surface area contributed by atoms with Crippen molar-refractivity contribution in [1.29, 1.82) is 0 Å². The van der Waals surface area contributed by atoms with Crippen molar-refractivity contribution < 1.29 is 5.11 Å². The summed E-state index contributed by atoms with van der Waals surface area (Å²) in [4.78, 5) is 12.4. The molecule has 1 saturated carbocycles. The van der Waals surface area contributed by atoms with Gasteiger partial charge in [-0.25, -0.2) is 9.97 Å². The summed E-state index contributed by atoms with van der Waals surface area (Å²) in [5, 5.41) is 20.9. The number of phenolic OH excluding ortho intramolecular Hbond substituents is 1. The van der Waals surface area contributed by atoms with E-state index in [-0.39, 0.29) is 5.75 Å². The van der Waals surface area contributed by atoms with Gasteiger partial charge in [-0.05, 0) is 51.0 Å². The number of hydrogen-bond acceptors (Lipinski definition) is 6. The number of aromatic hydroxyl groups is 1. The zero-order chi connectivity index (χ0) is 22.7. The summed E-state index contributed by atoms with van der Waals surface area (Å²) in [6.07, 6.45) is 5.51. The van der Waals surface area contributed by atoms with Gasteiger partial charge in [0, 0.05) is 66.9 Å². The maximum Gasteiger partial charge on any atom is 0.163 e. The predicted molar refractivity (Wildman–Crippen MR) is 132 cm³/mol. The first-order valence-electron chi connectivity index (χ1n) is 11.9. The Balaban J connectivity index is 1.48. The van der Waals surface area contributed by atoms with Crippen molar-refractivity contribution in [3.63, 3.8) is 0 Å². The summed E-state index contributed by atoms with van der Waals surface area (Å²) in [5.41, 5.74) is 4.71. The lowest BCUT2D eigenvalue weighted by molar-refractivity contribution is 0.407. The number of phenols is 1. The van der Waals surface area contributed by atoms with Crippen LogP contribution in [0.25, 0.3) is 33.2 Å². The number of aromatic nitrogens is 4. The summed E-state index contributed by atoms with van der Waals surface area (Å²) in [5.74, 6) is 1.21. The highest BCUT2D eigenvalue weighted by Crippen LogP contribution is 2.41. The number of fused-ring (bicyclic) bond motifs is 2. The molecule has 7 heteroatoms. The Hall–Kier alpha value is -3.19. The Labute approximate surface area is 193 Å². The molecule has 2 atom stereocenters. The summed E-state index contributed by atoms with van der Waals surface area (Å²) in [7, 11) is 1.88. The quantitative estimate of drug-likeness (QED) is 0.491. The lowest BCUT2D eigenvalue weighted by Crippen LogP contribution is -2.54. The molecule has 0 amide bonds. The standard InChI is InChI=1S/C26H30N6O/c1-15-12-32(13-16(2)27-15)19-7-8-22-20(10-19)25(17-5-4-6-17)29-26(28-22)21-9-18-14-31(3)30-23(18)11-24(21)33/h7-11,14-17,27,33H,4-6,12-13H2,1-3H3/t15-,16+. The maximum atomic E-state index is 10.8. The van der Waals surface area contributed by atoms with E-state index in [1.54, 1.807) is 10.7 Å². The number of piperazine rings is 1. The van der Waals surface area contributed by atoms with Crippen molar-refractivity contribution in [3.8, 4) is 17.1 Å². The molecule has 2 aromatic heterocycles. The van der Waals surface area contributed by atoms with E-state index in [1.165, 1.54) is 12.1 Å². The molecule has 2 aliphatic rings. The Morgan fingerprint density at radius 3 is 2.52 bits per heavy atom. The fourth-order valence-electron chi connectivity index (χ4n) is 5.35. The monoisotopic (exact) mass is 442 g/mol. The van der Waals surface area contributed by atoms with Gasteiger partial charge >= 0.3 is 0 Å². The fourth-order valence-corrected chi connectivity index (χ4v) is 5.35. The molecule has 3 heterocycles. The van der Waals surface area contributed by atoms with Crippen molar-refractivity contribution >= 4 is 27.5 Å². The van der Waals surface area contributed by atoms with Crippen LogP contribution in [0.1, 0.15) is 44.7 Å². The molecule has 1 aliphatic heterocycles. The Morgan fingerprint density at radius 1 is 1.00 bits per heavy atom. The molecule has 33 heavy (non-hydrogen) atoms. The van der Waals surface area contributed by atoms with E-state index >= 15 is 0 Å². The van der Waals surface area contributed by atoms with Crippen molar-refractivity contribution in [1.82, 2.24) is 25.1 Å². The fraction of sp³-hybridized carbons (Fsp3) is 0.423. The molecule has 0 unspecified atom stereocenters. The minimum atomic E-state index is 0.167. The molecule has 0 bridgehead atoms. The van der Waals surface area contributed by atoms with Crippen LogP contribution in [-0.2, 0) is 7.05 Å². The number of rotatable bonds is 3. The number of benzene rings is 2. The van der Waals surface area contributed by atoms with Crippen LogP contribution in [0.2, 0.25) is 0 Å². The first kappa shape index (κ1) is 20.4. The van der Waals surface area contributed by atoms with Gasteiger partial charge in [0.05, 0.1) is 22.3 Å². The number of anilines is 1. The molecule has 2 N–H and O–H groups in total. The Kier molecular flexibility index (Phi) is 4.76. The zero-order valence-corrected chi connectivity index (χ0v) is 19.4. The van der Waals surface area contributed by atoms with Crippen LogP contribution in [0.15, 0.2) is 36.5 Å². The van der Waals surface area contributed by atoms with E-state index in [1.807, 2.05) is 19.3 Å². The molecular formula is C26H30N6O. The first-order valence-corrected chi connectivity index (χ1v) is 11.9. The van der Waals surface area contributed by atoms with Crippen LogP contribution in [0.4, 0.5) is 5.69 Å². The number of hydrogen-bond donors (Lipinski definition) is 2. The van der Waals surface area contributed by atoms with Gasteiger partial charge in [0.15, 0.2) is 5.82 Å². The molecule has 170 valence electrons. The van der Waals surface area contributed by atoms with Crippen LogP contribution in [0.5, 0.6) is 5.75 Å². The van der Waals surface area contributed by atoms with Gasteiger partial charge in [0.25, 0.3) is 0 Å². The molecule has 4 aromatic rings. The summed E-state index contributed by atoms with van der Waals surface area (Å²) >= 11 is 0. The van der Waals surface area contributed by atoms with Gasteiger partial charge in [-0.15, -0.1) is 0 Å². The van der Waals surface area contributed by atoms with Gasteiger partial charge < -0.3 is 15.3 Å². The van der Waals surface area contributed by atoms with Crippen molar-refractivity contribution in [2.45, 2.75) is 51.1 Å². The predicted octanol–water partition coefficient (Wildman–Crippen LogP) is 4.34. The second kappa shape index (κ2) is 7.70. The maximum absolute atomic E-state index is 10.8. The van der Waals surface area contributed by atoms with Crippen LogP contribution >= 0.6 is 0 Å². The van der Waals surface area contributed by atoms with Gasteiger partial charge in [-0.2, -0.15) is 5.10 Å². The van der Waals surface area contributed by atoms with Gasteiger partial charge in [0.1, 0.15) is 5.75 Å². The molecule has 1 saturated heterocycles. The van der Waals surface area contributed by atoms with Gasteiger partial charge in [-0.3, -0.25) is 4.68 Å². The van der Waals surface area contributed by atoms with E-state index in [9.17, 15) is 5.11 Å². The molecule has 1 aliphatic carbocycles. The minimum absolute atomic E-state index is 0.167. The lowest BCUT2D eigenvalue weighted by Gasteiger charge is -2.38. The molecule has 0 spiro atoms. The van der Waals surface area contributed by atoms with E-state index in [2.05, 4.69) is 47.4 Å². The van der Waals surface area contributed by atoms with Crippen molar-refractivity contribution in [2.24, 2.45) is 7.05 Å². The Morgan fingerprint density at radius 2 is 1.79 bits per heavy atom. The highest BCUT2D eigenvalue weighted by molar-refractivity contribution is 5.90. The minimum Gasteiger partial charge on any atom is -0.507 e. The second-order valence-corrected chi connectivity index (χ2v) is 9.87. The Bertz CT molecular complexity index is 1350. The SMILES string of the molecule is C[C@@H]1CN(c2ccc3nc(-c4cc5cn(C)nc5cc4O)nc(C4CCC4)c3c2)C[C@H](C)N1. The normalized spacial score (nSPS) is 21.6. The average Bonchev–Trinajstić information content (AvgIpc) is 3.09. The summed E-state index contributed by atoms with van der Waals surface area (Å²) < 4.78 is 1.76. The number of nitrogens with zero attached hydrogens (tertiary/aromatic N) is 5. The van der Waals surface area contributed by atoms with E-state index in [0.717, 1.165) is 53.4 Å². The van der Waals surface area contributed by atoms with Crippen LogP contribution < -0.4 is 10.2 Å². The van der Waals surface area contributed by atoms with E-state index in [4.69, 9.17) is 9.97 Å². The smallest absolute Gasteiger partial charge is 0.163 e. The van der Waals surface area contributed by atoms with Crippen molar-refractivity contribution in [2.75, 3.05) is 18.0 Å². The highest BCUT2D eigenvalue weighted by Gasteiger charge is 2.27. The van der Waals surface area contributed by atoms with E-state index in [0.29, 0.717) is 29.4 Å². The highest BCUT2D eigenvalue weighted by atomic mass is 16.3. The average molecular weight is 443 g/mol. The molecule has 0 radical (unpaired) electrons. The first-order chi connectivity index (χ1) is 15.9.